The SMILES string of the molecule is CCC1CCN(S(=O)(=O)c2cccc(CNC)c2)C1. The van der Waals surface area contributed by atoms with Crippen LogP contribution in [-0.4, -0.2) is 32.9 Å². The van der Waals surface area contributed by atoms with Gasteiger partial charge in [0.2, 0.25) is 10.0 Å². The van der Waals surface area contributed by atoms with Gasteiger partial charge in [-0.2, -0.15) is 4.31 Å². The van der Waals surface area contributed by atoms with Crippen LogP contribution in [0.4, 0.5) is 0 Å². The van der Waals surface area contributed by atoms with Gasteiger partial charge in [-0.1, -0.05) is 25.5 Å². The molecule has 1 atom stereocenters. The molecule has 1 unspecified atom stereocenters. The van der Waals surface area contributed by atoms with E-state index in [1.165, 1.54) is 0 Å². The molecule has 5 heteroatoms. The molecular formula is C14H22N2O2S. The number of hydrogen-bond acceptors (Lipinski definition) is 3. The number of nitrogens with zero attached hydrogens (tertiary/aromatic N) is 1. The lowest BCUT2D eigenvalue weighted by molar-refractivity contribution is 0.453. The van der Waals surface area contributed by atoms with Crippen molar-refractivity contribution in [1.29, 1.82) is 0 Å². The highest BCUT2D eigenvalue weighted by Crippen LogP contribution is 2.26. The van der Waals surface area contributed by atoms with Crippen molar-refractivity contribution in [3.05, 3.63) is 29.8 Å². The van der Waals surface area contributed by atoms with Crippen molar-refractivity contribution >= 4 is 10.0 Å². The minimum absolute atomic E-state index is 0.414. The van der Waals surface area contributed by atoms with Crippen LogP contribution in [0.25, 0.3) is 0 Å². The molecule has 1 aliphatic rings. The summed E-state index contributed by atoms with van der Waals surface area (Å²) in [5.74, 6) is 0.510. The Bertz CT molecular complexity index is 528. The molecule has 1 fully saturated rings. The lowest BCUT2D eigenvalue weighted by Gasteiger charge is -2.17. The van der Waals surface area contributed by atoms with Gasteiger partial charge in [0, 0.05) is 19.6 Å². The van der Waals surface area contributed by atoms with Crippen molar-refractivity contribution in [2.24, 2.45) is 5.92 Å². The van der Waals surface area contributed by atoms with Crippen molar-refractivity contribution < 1.29 is 8.42 Å². The van der Waals surface area contributed by atoms with Gasteiger partial charge >= 0.3 is 0 Å². The molecule has 106 valence electrons. The van der Waals surface area contributed by atoms with Gasteiger partial charge in [0.05, 0.1) is 4.90 Å². The fraction of sp³-hybridized carbons (Fsp3) is 0.571. The first-order valence-corrected chi connectivity index (χ1v) is 8.25. The first-order valence-electron chi connectivity index (χ1n) is 6.81. The average molecular weight is 282 g/mol. The maximum Gasteiger partial charge on any atom is 0.243 e. The lowest BCUT2D eigenvalue weighted by Crippen LogP contribution is -2.29. The summed E-state index contributed by atoms with van der Waals surface area (Å²) in [6.07, 6.45) is 2.03. The van der Waals surface area contributed by atoms with Gasteiger partial charge in [0.15, 0.2) is 0 Å². The zero-order chi connectivity index (χ0) is 13.9. The maximum atomic E-state index is 12.6. The van der Waals surface area contributed by atoms with E-state index >= 15 is 0 Å². The summed E-state index contributed by atoms with van der Waals surface area (Å²) in [6, 6.07) is 7.21. The number of sulfonamides is 1. The molecule has 0 radical (unpaired) electrons. The van der Waals surface area contributed by atoms with Crippen LogP contribution in [0, 0.1) is 5.92 Å². The summed E-state index contributed by atoms with van der Waals surface area (Å²) in [5.41, 5.74) is 0.995. The Labute approximate surface area is 115 Å². The van der Waals surface area contributed by atoms with Crippen molar-refractivity contribution in [2.75, 3.05) is 20.1 Å². The minimum atomic E-state index is -3.32. The summed E-state index contributed by atoms with van der Waals surface area (Å²) in [7, 11) is -1.46. The summed E-state index contributed by atoms with van der Waals surface area (Å²) < 4.78 is 26.7. The zero-order valence-corrected chi connectivity index (χ0v) is 12.4. The molecule has 19 heavy (non-hydrogen) atoms. The van der Waals surface area contributed by atoms with Crippen LogP contribution in [0.1, 0.15) is 25.3 Å². The average Bonchev–Trinajstić information content (AvgIpc) is 2.89. The van der Waals surface area contributed by atoms with E-state index in [2.05, 4.69) is 12.2 Å². The molecule has 0 bridgehead atoms. The summed E-state index contributed by atoms with van der Waals surface area (Å²) in [5, 5.41) is 3.04. The van der Waals surface area contributed by atoms with Crippen molar-refractivity contribution in [3.8, 4) is 0 Å². The van der Waals surface area contributed by atoms with E-state index in [4.69, 9.17) is 0 Å². The van der Waals surface area contributed by atoms with Crippen LogP contribution in [-0.2, 0) is 16.6 Å². The Balaban J connectivity index is 2.22. The Morgan fingerprint density at radius 2 is 2.21 bits per heavy atom. The predicted molar refractivity (Wildman–Crippen MR) is 76.4 cm³/mol. The summed E-state index contributed by atoms with van der Waals surface area (Å²) in [4.78, 5) is 0.414. The molecule has 2 rings (SSSR count). The minimum Gasteiger partial charge on any atom is -0.316 e. The second-order valence-corrected chi connectivity index (χ2v) is 7.04. The molecule has 0 saturated carbocycles. The molecule has 1 aliphatic heterocycles. The number of hydrogen-bond donors (Lipinski definition) is 1. The van der Waals surface area contributed by atoms with E-state index in [9.17, 15) is 8.42 Å². The van der Waals surface area contributed by atoms with Gasteiger partial charge in [-0.3, -0.25) is 0 Å². The van der Waals surface area contributed by atoms with Crippen LogP contribution in [0.15, 0.2) is 29.2 Å². The third-order valence-electron chi connectivity index (χ3n) is 3.74. The Kier molecular flexibility index (Phi) is 4.60. The van der Waals surface area contributed by atoms with Crippen LogP contribution < -0.4 is 5.32 Å². The molecular weight excluding hydrogens is 260 g/mol. The van der Waals surface area contributed by atoms with Gasteiger partial charge in [0.1, 0.15) is 0 Å². The Hall–Kier alpha value is -0.910. The van der Waals surface area contributed by atoms with Gasteiger partial charge < -0.3 is 5.32 Å². The van der Waals surface area contributed by atoms with E-state index in [1.54, 1.807) is 16.4 Å². The van der Waals surface area contributed by atoms with Crippen molar-refractivity contribution in [2.45, 2.75) is 31.2 Å². The molecule has 4 nitrogen and oxygen atoms in total. The zero-order valence-electron chi connectivity index (χ0n) is 11.6. The number of rotatable bonds is 5. The largest absolute Gasteiger partial charge is 0.316 e. The molecule has 0 aliphatic carbocycles. The fourth-order valence-electron chi connectivity index (χ4n) is 2.52. The molecule has 1 saturated heterocycles. The van der Waals surface area contributed by atoms with Crippen molar-refractivity contribution in [3.63, 3.8) is 0 Å². The smallest absolute Gasteiger partial charge is 0.243 e. The van der Waals surface area contributed by atoms with E-state index in [0.29, 0.717) is 30.4 Å². The van der Waals surface area contributed by atoms with Crippen LogP contribution in [0.5, 0.6) is 0 Å². The molecule has 1 aromatic rings. The summed E-state index contributed by atoms with van der Waals surface area (Å²) >= 11 is 0. The van der Waals surface area contributed by atoms with Crippen LogP contribution in [0.2, 0.25) is 0 Å². The normalized spacial score (nSPS) is 20.8. The highest BCUT2D eigenvalue weighted by Gasteiger charge is 2.31. The van der Waals surface area contributed by atoms with Crippen LogP contribution >= 0.6 is 0 Å². The van der Waals surface area contributed by atoms with Gasteiger partial charge in [-0.25, -0.2) is 8.42 Å². The third kappa shape index (κ3) is 3.16. The van der Waals surface area contributed by atoms with E-state index in [1.807, 2.05) is 19.2 Å². The maximum absolute atomic E-state index is 12.6. The summed E-state index contributed by atoms with van der Waals surface area (Å²) in [6.45, 7) is 4.11. The first kappa shape index (κ1) is 14.5. The third-order valence-corrected chi connectivity index (χ3v) is 5.60. The van der Waals surface area contributed by atoms with Gasteiger partial charge in [0.25, 0.3) is 0 Å². The monoisotopic (exact) mass is 282 g/mol. The molecule has 1 N–H and O–H groups in total. The molecule has 1 aromatic carbocycles. The van der Waals surface area contributed by atoms with Crippen molar-refractivity contribution in [1.82, 2.24) is 9.62 Å². The molecule has 0 aromatic heterocycles. The van der Waals surface area contributed by atoms with Crippen LogP contribution in [0.3, 0.4) is 0 Å². The first-order chi connectivity index (χ1) is 9.07. The van der Waals surface area contributed by atoms with Gasteiger partial charge in [-0.05, 0) is 37.1 Å². The molecule has 1 heterocycles. The second kappa shape index (κ2) is 6.03. The quantitative estimate of drug-likeness (QED) is 0.896. The number of nitrogens with one attached hydrogen (secondary N) is 1. The van der Waals surface area contributed by atoms with E-state index in [0.717, 1.165) is 18.4 Å². The topological polar surface area (TPSA) is 49.4 Å². The number of benzene rings is 1. The highest BCUT2D eigenvalue weighted by molar-refractivity contribution is 7.89. The Morgan fingerprint density at radius 1 is 1.42 bits per heavy atom. The van der Waals surface area contributed by atoms with E-state index < -0.39 is 10.0 Å². The van der Waals surface area contributed by atoms with E-state index in [-0.39, 0.29) is 0 Å². The standard InChI is InChI=1S/C14H22N2O2S/c1-3-12-7-8-16(11-12)19(17,18)14-6-4-5-13(9-14)10-15-2/h4-6,9,12,15H,3,7-8,10-11H2,1-2H3. The molecule has 0 spiro atoms. The second-order valence-electron chi connectivity index (χ2n) is 5.10. The molecule has 0 amide bonds. The predicted octanol–water partition coefficient (Wildman–Crippen LogP) is 1.83. The fourth-order valence-corrected chi connectivity index (χ4v) is 4.12. The lowest BCUT2D eigenvalue weighted by atomic mass is 10.1. The highest BCUT2D eigenvalue weighted by atomic mass is 32.2. The van der Waals surface area contributed by atoms with Gasteiger partial charge in [-0.15, -0.1) is 0 Å². The Morgan fingerprint density at radius 3 is 2.84 bits per heavy atom.